The van der Waals surface area contributed by atoms with E-state index in [4.69, 9.17) is 5.73 Å². The number of rotatable bonds is 6. The molecule has 0 radical (unpaired) electrons. The molecule has 0 bridgehead atoms. The maximum absolute atomic E-state index is 14.2. The van der Waals surface area contributed by atoms with Crippen LogP contribution in [0.15, 0.2) is 36.7 Å². The fourth-order valence-electron chi connectivity index (χ4n) is 2.01. The molecular formula is C15H19FN4. The molecule has 0 aliphatic carbocycles. The van der Waals surface area contributed by atoms with Crippen LogP contribution in [0, 0.1) is 12.7 Å². The minimum absolute atomic E-state index is 0.342. The Labute approximate surface area is 118 Å². The van der Waals surface area contributed by atoms with E-state index >= 15 is 0 Å². The number of anilines is 1. The highest BCUT2D eigenvalue weighted by atomic mass is 19.1. The zero-order valence-corrected chi connectivity index (χ0v) is 11.6. The molecule has 0 aliphatic heterocycles. The summed E-state index contributed by atoms with van der Waals surface area (Å²) in [5.41, 5.74) is 7.04. The molecule has 1 heterocycles. The first-order chi connectivity index (χ1) is 9.72. The number of hydrogen-bond acceptors (Lipinski definition) is 4. The van der Waals surface area contributed by atoms with Crippen LogP contribution in [0.5, 0.6) is 0 Å². The van der Waals surface area contributed by atoms with Gasteiger partial charge in [-0.25, -0.2) is 14.4 Å². The van der Waals surface area contributed by atoms with E-state index in [1.54, 1.807) is 6.92 Å². The fraction of sp³-hybridized carbons (Fsp3) is 0.333. The van der Waals surface area contributed by atoms with E-state index in [1.807, 2.05) is 35.2 Å². The normalized spacial score (nSPS) is 10.6. The van der Waals surface area contributed by atoms with Gasteiger partial charge in [0, 0.05) is 13.1 Å². The van der Waals surface area contributed by atoms with Crippen LogP contribution in [0.2, 0.25) is 0 Å². The molecule has 0 fully saturated rings. The van der Waals surface area contributed by atoms with Gasteiger partial charge in [0.25, 0.3) is 0 Å². The van der Waals surface area contributed by atoms with Gasteiger partial charge in [0.2, 0.25) is 0 Å². The molecule has 0 atom stereocenters. The molecule has 0 amide bonds. The van der Waals surface area contributed by atoms with Crippen molar-refractivity contribution in [3.8, 4) is 0 Å². The predicted octanol–water partition coefficient (Wildman–Crippen LogP) is 2.28. The molecule has 2 aromatic rings. The van der Waals surface area contributed by atoms with Crippen LogP contribution in [0.4, 0.5) is 10.2 Å². The Balaban J connectivity index is 2.25. The zero-order chi connectivity index (χ0) is 14.4. The molecule has 106 valence electrons. The molecule has 2 rings (SSSR count). The van der Waals surface area contributed by atoms with Crippen LogP contribution < -0.4 is 10.6 Å². The van der Waals surface area contributed by atoms with Crippen molar-refractivity contribution in [2.75, 3.05) is 18.0 Å². The predicted molar refractivity (Wildman–Crippen MR) is 77.9 cm³/mol. The summed E-state index contributed by atoms with van der Waals surface area (Å²) in [6.07, 6.45) is 2.18. The van der Waals surface area contributed by atoms with Crippen LogP contribution >= 0.6 is 0 Å². The maximum atomic E-state index is 14.2. The molecule has 0 unspecified atom stereocenters. The molecule has 1 aromatic heterocycles. The van der Waals surface area contributed by atoms with E-state index in [-0.39, 0.29) is 5.82 Å². The standard InChI is InChI=1S/C15H19FN4/c1-12-14(16)15(19-11-18-12)20(9-5-8-17)10-13-6-3-2-4-7-13/h2-4,6-7,11H,5,8-10,17H2,1H3. The van der Waals surface area contributed by atoms with Gasteiger partial charge in [-0.3, -0.25) is 0 Å². The summed E-state index contributed by atoms with van der Waals surface area (Å²) in [7, 11) is 0. The average Bonchev–Trinajstić information content (AvgIpc) is 2.48. The monoisotopic (exact) mass is 274 g/mol. The van der Waals surface area contributed by atoms with Crippen molar-refractivity contribution in [2.45, 2.75) is 19.9 Å². The second-order valence-electron chi connectivity index (χ2n) is 4.65. The number of aromatic nitrogens is 2. The van der Waals surface area contributed by atoms with E-state index in [0.29, 0.717) is 31.1 Å². The molecule has 0 saturated heterocycles. The van der Waals surface area contributed by atoms with E-state index in [2.05, 4.69) is 9.97 Å². The van der Waals surface area contributed by atoms with Gasteiger partial charge in [0.15, 0.2) is 11.6 Å². The summed E-state index contributed by atoms with van der Waals surface area (Å²) in [4.78, 5) is 9.87. The van der Waals surface area contributed by atoms with Crippen LogP contribution in [-0.4, -0.2) is 23.1 Å². The van der Waals surface area contributed by atoms with Crippen molar-refractivity contribution in [3.63, 3.8) is 0 Å². The zero-order valence-electron chi connectivity index (χ0n) is 11.6. The van der Waals surface area contributed by atoms with E-state index in [0.717, 1.165) is 12.0 Å². The topological polar surface area (TPSA) is 55.0 Å². The summed E-state index contributed by atoms with van der Waals surface area (Å²) in [5.74, 6) is -0.0183. The lowest BCUT2D eigenvalue weighted by molar-refractivity contribution is 0.585. The molecule has 1 aromatic carbocycles. The first-order valence-corrected chi connectivity index (χ1v) is 6.68. The lowest BCUT2D eigenvalue weighted by Crippen LogP contribution is -2.27. The van der Waals surface area contributed by atoms with Crippen molar-refractivity contribution >= 4 is 5.82 Å². The third-order valence-corrected chi connectivity index (χ3v) is 3.09. The third kappa shape index (κ3) is 3.51. The van der Waals surface area contributed by atoms with Crippen molar-refractivity contribution in [1.82, 2.24) is 9.97 Å². The number of aryl methyl sites for hydroxylation is 1. The largest absolute Gasteiger partial charge is 0.350 e. The molecule has 0 aliphatic rings. The SMILES string of the molecule is Cc1ncnc(N(CCCN)Cc2ccccc2)c1F. The van der Waals surface area contributed by atoms with Gasteiger partial charge in [-0.15, -0.1) is 0 Å². The smallest absolute Gasteiger partial charge is 0.186 e. The molecule has 5 heteroatoms. The number of halogens is 1. The first kappa shape index (κ1) is 14.4. The van der Waals surface area contributed by atoms with Gasteiger partial charge < -0.3 is 10.6 Å². The summed E-state index contributed by atoms with van der Waals surface area (Å²) in [6, 6.07) is 9.93. The summed E-state index contributed by atoms with van der Waals surface area (Å²) >= 11 is 0. The Kier molecular flexibility index (Phi) is 5.01. The Morgan fingerprint density at radius 2 is 1.95 bits per heavy atom. The van der Waals surface area contributed by atoms with Gasteiger partial charge in [-0.2, -0.15) is 0 Å². The van der Waals surface area contributed by atoms with Crippen LogP contribution in [-0.2, 0) is 6.54 Å². The van der Waals surface area contributed by atoms with Crippen molar-refractivity contribution in [1.29, 1.82) is 0 Å². The van der Waals surface area contributed by atoms with E-state index in [9.17, 15) is 4.39 Å². The number of nitrogens with two attached hydrogens (primary N) is 1. The molecular weight excluding hydrogens is 255 g/mol. The van der Waals surface area contributed by atoms with Crippen LogP contribution in [0.25, 0.3) is 0 Å². The summed E-state index contributed by atoms with van der Waals surface area (Å²) in [5, 5.41) is 0. The lowest BCUT2D eigenvalue weighted by Gasteiger charge is -2.24. The van der Waals surface area contributed by atoms with Gasteiger partial charge in [-0.05, 0) is 25.5 Å². The third-order valence-electron chi connectivity index (χ3n) is 3.09. The van der Waals surface area contributed by atoms with Gasteiger partial charge in [0.05, 0.1) is 5.69 Å². The minimum Gasteiger partial charge on any atom is -0.350 e. The molecule has 2 N–H and O–H groups in total. The van der Waals surface area contributed by atoms with Gasteiger partial charge in [-0.1, -0.05) is 30.3 Å². The second kappa shape index (κ2) is 6.96. The van der Waals surface area contributed by atoms with Crippen molar-refractivity contribution < 1.29 is 4.39 Å². The summed E-state index contributed by atoms with van der Waals surface area (Å²) < 4.78 is 14.2. The highest BCUT2D eigenvalue weighted by molar-refractivity contribution is 5.41. The van der Waals surface area contributed by atoms with Crippen molar-refractivity contribution in [2.24, 2.45) is 5.73 Å². The number of benzene rings is 1. The van der Waals surface area contributed by atoms with Gasteiger partial charge >= 0.3 is 0 Å². The molecule has 4 nitrogen and oxygen atoms in total. The Morgan fingerprint density at radius 3 is 2.65 bits per heavy atom. The highest BCUT2D eigenvalue weighted by Gasteiger charge is 2.15. The van der Waals surface area contributed by atoms with Crippen LogP contribution in [0.1, 0.15) is 17.7 Å². The number of hydrogen-bond donors (Lipinski definition) is 1. The van der Waals surface area contributed by atoms with Crippen molar-refractivity contribution in [3.05, 3.63) is 53.7 Å². The Bertz CT molecular complexity index is 545. The highest BCUT2D eigenvalue weighted by Crippen LogP contribution is 2.20. The molecule has 0 spiro atoms. The lowest BCUT2D eigenvalue weighted by atomic mass is 10.2. The van der Waals surface area contributed by atoms with Gasteiger partial charge in [0.1, 0.15) is 6.33 Å². The minimum atomic E-state index is -0.361. The quantitative estimate of drug-likeness (QED) is 0.878. The Morgan fingerprint density at radius 1 is 1.20 bits per heavy atom. The fourth-order valence-corrected chi connectivity index (χ4v) is 2.01. The number of nitrogens with zero attached hydrogens (tertiary/aromatic N) is 3. The maximum Gasteiger partial charge on any atom is 0.186 e. The first-order valence-electron chi connectivity index (χ1n) is 6.68. The summed E-state index contributed by atoms with van der Waals surface area (Å²) in [6.45, 7) is 3.48. The molecule has 0 saturated carbocycles. The van der Waals surface area contributed by atoms with Crippen LogP contribution in [0.3, 0.4) is 0 Å². The van der Waals surface area contributed by atoms with E-state index < -0.39 is 0 Å². The second-order valence-corrected chi connectivity index (χ2v) is 4.65. The Hall–Kier alpha value is -2.01. The average molecular weight is 274 g/mol. The molecule has 20 heavy (non-hydrogen) atoms. The van der Waals surface area contributed by atoms with E-state index in [1.165, 1.54) is 6.33 Å².